The molecule has 2 heterocycles. The third kappa shape index (κ3) is 3.74. The summed E-state index contributed by atoms with van der Waals surface area (Å²) < 4.78 is 1.82. The van der Waals surface area contributed by atoms with Crippen molar-refractivity contribution in [2.24, 2.45) is 11.3 Å². The maximum Gasteiger partial charge on any atom is 0.311 e. The highest BCUT2D eigenvalue weighted by Gasteiger charge is 2.55. The van der Waals surface area contributed by atoms with Crippen LogP contribution in [0, 0.1) is 11.3 Å². The van der Waals surface area contributed by atoms with Crippen molar-refractivity contribution in [1.82, 2.24) is 14.5 Å². The first-order chi connectivity index (χ1) is 14.0. The van der Waals surface area contributed by atoms with Crippen molar-refractivity contribution in [2.45, 2.75) is 32.2 Å². The Balaban J connectivity index is 1.40. The van der Waals surface area contributed by atoms with Gasteiger partial charge < -0.3 is 19.9 Å². The molecule has 0 spiro atoms. The molecule has 152 valence electrons. The number of fused-ring (bicyclic) bond motifs is 1. The SMILES string of the molecule is O=C(CCn1ccnc1)Nc1cccc(C(=O)N2C[C@@H]3CCC[C@@]3(C(=O)O)C2)c1. The number of imidazole rings is 1. The Kier molecular flexibility index (Phi) is 5.08. The average molecular weight is 396 g/mol. The number of carboxylic acid groups (broad SMARTS) is 1. The van der Waals surface area contributed by atoms with E-state index in [4.69, 9.17) is 0 Å². The number of aliphatic carboxylic acids is 1. The molecule has 8 nitrogen and oxygen atoms in total. The molecule has 0 radical (unpaired) electrons. The van der Waals surface area contributed by atoms with E-state index in [-0.39, 0.29) is 24.3 Å². The quantitative estimate of drug-likeness (QED) is 0.779. The molecule has 1 saturated heterocycles. The van der Waals surface area contributed by atoms with Crippen molar-refractivity contribution in [3.63, 3.8) is 0 Å². The molecule has 2 aromatic rings. The van der Waals surface area contributed by atoms with Crippen LogP contribution in [0.1, 0.15) is 36.0 Å². The summed E-state index contributed by atoms with van der Waals surface area (Å²) >= 11 is 0. The molecule has 2 atom stereocenters. The van der Waals surface area contributed by atoms with Crippen LogP contribution in [0.3, 0.4) is 0 Å². The fourth-order valence-corrected chi connectivity index (χ4v) is 4.58. The standard InChI is InChI=1S/C21H24N4O4/c26-18(6-9-24-10-8-22-14-24)23-17-5-1-3-15(11-17)19(27)25-12-16-4-2-7-21(16,13-25)20(28)29/h1,3,5,8,10-11,14,16H,2,4,6-7,9,12-13H2,(H,23,26)(H,28,29)/t16-,21+/m0/s1. The van der Waals surface area contributed by atoms with Gasteiger partial charge in [-0.1, -0.05) is 12.5 Å². The molecule has 2 N–H and O–H groups in total. The third-order valence-electron chi connectivity index (χ3n) is 6.13. The molecule has 29 heavy (non-hydrogen) atoms. The average Bonchev–Trinajstić information content (AvgIpc) is 3.42. The molecular formula is C21H24N4O4. The van der Waals surface area contributed by atoms with Gasteiger partial charge in [-0.25, -0.2) is 4.98 Å². The second kappa shape index (κ2) is 7.69. The lowest BCUT2D eigenvalue weighted by molar-refractivity contribution is -0.149. The zero-order valence-electron chi connectivity index (χ0n) is 16.1. The summed E-state index contributed by atoms with van der Waals surface area (Å²) in [7, 11) is 0. The summed E-state index contributed by atoms with van der Waals surface area (Å²) in [6.45, 7) is 1.26. The first kappa shape index (κ1) is 19.2. The van der Waals surface area contributed by atoms with E-state index in [9.17, 15) is 19.5 Å². The van der Waals surface area contributed by atoms with Crippen LogP contribution >= 0.6 is 0 Å². The minimum Gasteiger partial charge on any atom is -0.481 e. The fraction of sp³-hybridized carbons (Fsp3) is 0.429. The van der Waals surface area contributed by atoms with E-state index in [0.717, 1.165) is 12.8 Å². The van der Waals surface area contributed by atoms with Crippen molar-refractivity contribution in [3.05, 3.63) is 48.5 Å². The van der Waals surface area contributed by atoms with Crippen LogP contribution in [-0.4, -0.2) is 50.4 Å². The van der Waals surface area contributed by atoms with Gasteiger partial charge in [0.1, 0.15) is 0 Å². The number of nitrogens with zero attached hydrogens (tertiary/aromatic N) is 3. The summed E-state index contributed by atoms with van der Waals surface area (Å²) in [5, 5.41) is 12.5. The van der Waals surface area contributed by atoms with Crippen molar-refractivity contribution in [3.8, 4) is 0 Å². The summed E-state index contributed by atoms with van der Waals surface area (Å²) in [6.07, 6.45) is 7.79. The summed E-state index contributed by atoms with van der Waals surface area (Å²) in [4.78, 5) is 42.6. The third-order valence-corrected chi connectivity index (χ3v) is 6.13. The number of aromatic nitrogens is 2. The molecule has 2 fully saturated rings. The van der Waals surface area contributed by atoms with Gasteiger partial charge in [0.25, 0.3) is 5.91 Å². The first-order valence-electron chi connectivity index (χ1n) is 9.86. The number of rotatable bonds is 6. The lowest BCUT2D eigenvalue weighted by atomic mass is 9.81. The molecule has 2 amide bonds. The van der Waals surface area contributed by atoms with Gasteiger partial charge in [-0.15, -0.1) is 0 Å². The minimum atomic E-state index is -0.797. The van der Waals surface area contributed by atoms with E-state index in [0.29, 0.717) is 37.2 Å². The largest absolute Gasteiger partial charge is 0.481 e. The first-order valence-corrected chi connectivity index (χ1v) is 9.86. The number of carbonyl (C=O) groups is 3. The molecule has 0 bridgehead atoms. The lowest BCUT2D eigenvalue weighted by Gasteiger charge is -2.23. The van der Waals surface area contributed by atoms with Gasteiger partial charge in [0.05, 0.1) is 11.7 Å². The fourth-order valence-electron chi connectivity index (χ4n) is 4.58. The van der Waals surface area contributed by atoms with Crippen LogP contribution in [0.4, 0.5) is 5.69 Å². The van der Waals surface area contributed by atoms with Gasteiger partial charge in [-0.05, 0) is 37.0 Å². The topological polar surface area (TPSA) is 105 Å². The Hall–Kier alpha value is -3.16. The summed E-state index contributed by atoms with van der Waals surface area (Å²) in [5.74, 6) is -1.11. The zero-order chi connectivity index (χ0) is 20.4. The highest BCUT2D eigenvalue weighted by molar-refractivity contribution is 5.97. The van der Waals surface area contributed by atoms with Crippen LogP contribution in [0.15, 0.2) is 43.0 Å². The summed E-state index contributed by atoms with van der Waals surface area (Å²) in [6, 6.07) is 6.82. The van der Waals surface area contributed by atoms with Crippen molar-refractivity contribution in [2.75, 3.05) is 18.4 Å². The van der Waals surface area contributed by atoms with Crippen LogP contribution < -0.4 is 5.32 Å². The Bertz CT molecular complexity index is 927. The molecule has 1 saturated carbocycles. The van der Waals surface area contributed by atoms with Crippen molar-refractivity contribution >= 4 is 23.5 Å². The number of nitrogens with one attached hydrogen (secondary N) is 1. The number of likely N-dealkylation sites (tertiary alicyclic amines) is 1. The smallest absolute Gasteiger partial charge is 0.311 e. The Morgan fingerprint density at radius 2 is 2.17 bits per heavy atom. The molecule has 1 aromatic carbocycles. The van der Waals surface area contributed by atoms with Gasteiger partial charge in [0.15, 0.2) is 0 Å². The van der Waals surface area contributed by atoms with E-state index < -0.39 is 11.4 Å². The normalized spacial score (nSPS) is 23.0. The highest BCUT2D eigenvalue weighted by atomic mass is 16.4. The monoisotopic (exact) mass is 396 g/mol. The van der Waals surface area contributed by atoms with E-state index in [2.05, 4.69) is 10.3 Å². The van der Waals surface area contributed by atoms with Crippen LogP contribution in [0.25, 0.3) is 0 Å². The van der Waals surface area contributed by atoms with E-state index >= 15 is 0 Å². The van der Waals surface area contributed by atoms with Gasteiger partial charge in [0, 0.05) is 49.7 Å². The molecule has 4 rings (SSSR count). The lowest BCUT2D eigenvalue weighted by Crippen LogP contribution is -2.37. The zero-order valence-corrected chi connectivity index (χ0v) is 16.1. The predicted molar refractivity (Wildman–Crippen MR) is 105 cm³/mol. The van der Waals surface area contributed by atoms with Crippen molar-refractivity contribution < 1.29 is 19.5 Å². The molecule has 8 heteroatoms. The molecule has 0 unspecified atom stereocenters. The van der Waals surface area contributed by atoms with Crippen LogP contribution in [-0.2, 0) is 16.1 Å². The second-order valence-corrected chi connectivity index (χ2v) is 7.92. The van der Waals surface area contributed by atoms with Gasteiger partial charge >= 0.3 is 5.97 Å². The number of amides is 2. The van der Waals surface area contributed by atoms with Crippen molar-refractivity contribution in [1.29, 1.82) is 0 Å². The van der Waals surface area contributed by atoms with E-state index in [1.165, 1.54) is 0 Å². The maximum absolute atomic E-state index is 13.0. The van der Waals surface area contributed by atoms with Crippen LogP contribution in [0.5, 0.6) is 0 Å². The number of carbonyl (C=O) groups excluding carboxylic acids is 2. The van der Waals surface area contributed by atoms with E-state index in [1.807, 2.05) is 4.57 Å². The van der Waals surface area contributed by atoms with E-state index in [1.54, 1.807) is 47.9 Å². The number of hydrogen-bond acceptors (Lipinski definition) is 4. The second-order valence-electron chi connectivity index (χ2n) is 7.92. The number of benzene rings is 1. The number of anilines is 1. The van der Waals surface area contributed by atoms with Crippen LogP contribution in [0.2, 0.25) is 0 Å². The highest BCUT2D eigenvalue weighted by Crippen LogP contribution is 2.49. The molecule has 1 aromatic heterocycles. The minimum absolute atomic E-state index is 0.0232. The Labute approximate surface area is 168 Å². The molecule has 2 aliphatic rings. The molecular weight excluding hydrogens is 372 g/mol. The summed E-state index contributed by atoms with van der Waals surface area (Å²) in [5.41, 5.74) is 0.214. The number of aryl methyl sites for hydroxylation is 1. The maximum atomic E-state index is 13.0. The number of carboxylic acids is 1. The number of hydrogen-bond donors (Lipinski definition) is 2. The predicted octanol–water partition coefficient (Wildman–Crippen LogP) is 2.24. The van der Waals surface area contributed by atoms with Gasteiger partial charge in [-0.2, -0.15) is 0 Å². The Morgan fingerprint density at radius 1 is 1.31 bits per heavy atom. The van der Waals surface area contributed by atoms with Gasteiger partial charge in [-0.3, -0.25) is 14.4 Å². The Morgan fingerprint density at radius 3 is 2.90 bits per heavy atom. The van der Waals surface area contributed by atoms with Gasteiger partial charge in [0.2, 0.25) is 5.91 Å². The molecule has 1 aliphatic heterocycles. The molecule has 1 aliphatic carbocycles.